The van der Waals surface area contributed by atoms with Gasteiger partial charge in [0.2, 0.25) is 0 Å². The summed E-state index contributed by atoms with van der Waals surface area (Å²) < 4.78 is 2.37. The number of benzene rings is 2. The zero-order valence-corrected chi connectivity index (χ0v) is 17.7. The summed E-state index contributed by atoms with van der Waals surface area (Å²) in [5.41, 5.74) is 7.60. The molecule has 0 saturated heterocycles. The van der Waals surface area contributed by atoms with E-state index >= 15 is 0 Å². The Bertz CT molecular complexity index is 1390. The molecule has 2 heterocycles. The van der Waals surface area contributed by atoms with E-state index in [0.29, 0.717) is 24.4 Å². The van der Waals surface area contributed by atoms with Crippen molar-refractivity contribution in [2.24, 2.45) is 0 Å². The van der Waals surface area contributed by atoms with Gasteiger partial charge in [-0.2, -0.15) is 5.26 Å². The van der Waals surface area contributed by atoms with Gasteiger partial charge >= 0.3 is 11.7 Å². The lowest BCUT2D eigenvalue weighted by Gasteiger charge is -2.11. The zero-order valence-electron chi connectivity index (χ0n) is 17.7. The lowest BCUT2D eigenvalue weighted by molar-refractivity contribution is -0.234. The van der Waals surface area contributed by atoms with Gasteiger partial charge in [-0.05, 0) is 29.7 Å². The Kier molecular flexibility index (Phi) is 6.36. The van der Waals surface area contributed by atoms with Crippen LogP contribution in [0.5, 0.6) is 0 Å². The van der Waals surface area contributed by atoms with E-state index in [4.69, 9.17) is 11.0 Å². The molecule has 0 fully saturated rings. The molecule has 33 heavy (non-hydrogen) atoms. The number of aromatic nitrogens is 4. The molecule has 0 spiro atoms. The predicted molar refractivity (Wildman–Crippen MR) is 122 cm³/mol. The first kappa shape index (κ1) is 22.0. The predicted octanol–water partition coefficient (Wildman–Crippen LogP) is 1.71. The minimum absolute atomic E-state index is 0.176. The van der Waals surface area contributed by atoms with E-state index in [1.165, 1.54) is 4.57 Å². The van der Waals surface area contributed by atoms with Gasteiger partial charge in [0.25, 0.3) is 5.56 Å². The lowest BCUT2D eigenvalue weighted by atomic mass is 10.1. The van der Waals surface area contributed by atoms with Crippen LogP contribution in [-0.2, 0) is 35.6 Å². The van der Waals surface area contributed by atoms with Gasteiger partial charge in [0, 0.05) is 25.2 Å². The summed E-state index contributed by atoms with van der Waals surface area (Å²) in [6, 6.07) is 16.9. The molecule has 4 N–H and O–H groups in total. The molecule has 170 valence electrons. The second-order valence-electron chi connectivity index (χ2n) is 7.64. The summed E-state index contributed by atoms with van der Waals surface area (Å²) in [4.78, 5) is 48.8. The fraction of sp³-hybridized carbons (Fsp3) is 0.217. The number of nitrogens with one attached hydrogen (secondary N) is 1. The van der Waals surface area contributed by atoms with Crippen molar-refractivity contribution in [1.82, 2.24) is 19.1 Å². The average Bonchev–Trinajstić information content (AvgIpc) is 3.24. The molecule has 0 amide bonds. The Balaban J connectivity index is 1.75. The van der Waals surface area contributed by atoms with E-state index in [-0.39, 0.29) is 30.7 Å². The topological polar surface area (TPSA) is 145 Å². The van der Waals surface area contributed by atoms with Gasteiger partial charge in [0.15, 0.2) is 5.65 Å². The van der Waals surface area contributed by atoms with Crippen LogP contribution in [0.1, 0.15) is 23.4 Å². The van der Waals surface area contributed by atoms with Crippen molar-refractivity contribution in [3.05, 3.63) is 92.4 Å². The number of nitrogen functional groups attached to an aromatic ring is 1. The number of hydrogen-bond acceptors (Lipinski definition) is 7. The Hall–Kier alpha value is -4.18. The molecule has 0 aliphatic carbocycles. The van der Waals surface area contributed by atoms with Gasteiger partial charge in [-0.25, -0.2) is 14.6 Å². The maximum absolute atomic E-state index is 13.2. The second-order valence-corrected chi connectivity index (χ2v) is 7.64. The number of carbonyl (C=O) groups is 1. The third kappa shape index (κ3) is 4.85. The van der Waals surface area contributed by atoms with E-state index in [2.05, 4.69) is 14.9 Å². The smallest absolute Gasteiger partial charge is 0.343 e. The minimum Gasteiger partial charge on any atom is -0.399 e. The van der Waals surface area contributed by atoms with Gasteiger partial charge < -0.3 is 15.6 Å². The second kappa shape index (κ2) is 9.53. The van der Waals surface area contributed by atoms with Crippen LogP contribution in [0.15, 0.2) is 64.2 Å². The number of aryl methyl sites for hydroxylation is 2. The number of fused-ring (bicyclic) bond motifs is 1. The van der Waals surface area contributed by atoms with E-state index in [1.807, 2.05) is 42.5 Å². The molecule has 0 aliphatic rings. The molecule has 0 atom stereocenters. The van der Waals surface area contributed by atoms with Crippen molar-refractivity contribution in [2.45, 2.75) is 32.4 Å². The minimum atomic E-state index is -0.941. The molecule has 2 aromatic heterocycles. The van der Waals surface area contributed by atoms with Crippen LogP contribution in [-0.4, -0.2) is 30.3 Å². The maximum atomic E-state index is 13.2. The third-order valence-corrected chi connectivity index (χ3v) is 5.37. The highest BCUT2D eigenvalue weighted by Crippen LogP contribution is 2.12. The number of carbonyl (C=O) groups excluding carboxylic acids is 1. The van der Waals surface area contributed by atoms with E-state index in [9.17, 15) is 14.4 Å². The fourth-order valence-electron chi connectivity index (χ4n) is 3.66. The Morgan fingerprint density at radius 3 is 2.42 bits per heavy atom. The van der Waals surface area contributed by atoms with E-state index in [0.717, 1.165) is 15.7 Å². The first-order valence-electron chi connectivity index (χ1n) is 10.4. The molecule has 0 saturated carbocycles. The zero-order chi connectivity index (χ0) is 23.4. The van der Waals surface area contributed by atoms with Crippen molar-refractivity contribution >= 4 is 22.8 Å². The van der Waals surface area contributed by atoms with Crippen LogP contribution in [0.2, 0.25) is 0 Å². The number of anilines is 1. The molecule has 4 aromatic rings. The summed E-state index contributed by atoms with van der Waals surface area (Å²) in [6.45, 7) is 0.0293. The van der Waals surface area contributed by atoms with Gasteiger partial charge in [-0.15, -0.1) is 0 Å². The molecule has 2 aromatic carbocycles. The van der Waals surface area contributed by atoms with Gasteiger partial charge in [-0.1, -0.05) is 42.5 Å². The molecule has 10 nitrogen and oxygen atoms in total. The quantitative estimate of drug-likeness (QED) is 0.211. The number of nitrogens with zero attached hydrogens (tertiary/aromatic N) is 3. The molecule has 4 rings (SSSR count). The number of aromatic amines is 1. The number of imidazole rings is 1. The largest absolute Gasteiger partial charge is 0.399 e. The van der Waals surface area contributed by atoms with E-state index < -0.39 is 17.2 Å². The summed E-state index contributed by atoms with van der Waals surface area (Å²) in [5, 5.41) is 8.51. The highest BCUT2D eigenvalue weighted by molar-refractivity contribution is 5.70. The number of H-pyrrole nitrogens is 1. The highest BCUT2D eigenvalue weighted by Gasteiger charge is 2.18. The monoisotopic (exact) mass is 449 g/mol. The van der Waals surface area contributed by atoms with Crippen LogP contribution in [0.25, 0.3) is 11.2 Å². The summed E-state index contributed by atoms with van der Waals surface area (Å²) in [5.74, 6) is -0.398. The van der Waals surface area contributed by atoms with Crippen molar-refractivity contribution in [3.8, 4) is 0 Å². The third-order valence-electron chi connectivity index (χ3n) is 5.37. The van der Waals surface area contributed by atoms with Crippen LogP contribution in [0.3, 0.4) is 0 Å². The molecule has 10 heteroatoms. The van der Waals surface area contributed by atoms with E-state index in [1.54, 1.807) is 12.1 Å². The number of nitrogens with two attached hydrogens (primary N) is 1. The van der Waals surface area contributed by atoms with Crippen LogP contribution in [0.4, 0.5) is 5.69 Å². The van der Waals surface area contributed by atoms with Crippen LogP contribution in [0, 0.1) is 0 Å². The Morgan fingerprint density at radius 2 is 1.73 bits per heavy atom. The van der Waals surface area contributed by atoms with Gasteiger partial charge in [0.1, 0.15) is 11.3 Å². The highest BCUT2D eigenvalue weighted by atomic mass is 17.1. The Labute approximate surface area is 187 Å². The lowest BCUT2D eigenvalue weighted by Crippen LogP contribution is -2.41. The molecule has 0 radical (unpaired) electrons. The summed E-state index contributed by atoms with van der Waals surface area (Å²) in [6.07, 6.45) is 0.630. The molecule has 0 aliphatic heterocycles. The van der Waals surface area contributed by atoms with Crippen molar-refractivity contribution in [1.29, 1.82) is 0 Å². The summed E-state index contributed by atoms with van der Waals surface area (Å²) in [7, 11) is 0. The fourth-order valence-corrected chi connectivity index (χ4v) is 3.66. The van der Waals surface area contributed by atoms with Gasteiger partial charge in [0.05, 0.1) is 6.42 Å². The molecule has 0 unspecified atom stereocenters. The van der Waals surface area contributed by atoms with Crippen molar-refractivity contribution in [3.63, 3.8) is 0 Å². The molecular weight excluding hydrogens is 426 g/mol. The first-order chi connectivity index (χ1) is 16.0. The number of rotatable bonds is 8. The molecule has 0 bridgehead atoms. The number of hydrogen-bond donors (Lipinski definition) is 3. The molecular formula is C23H23N5O5. The Morgan fingerprint density at radius 1 is 1.00 bits per heavy atom. The SMILES string of the molecule is Nc1ccc(CCn2c(=O)n(CCC(=O)OO)c(=O)c3[nH]c(Cc4ccccc4)nc32)cc1. The normalized spacial score (nSPS) is 11.1. The van der Waals surface area contributed by atoms with Crippen LogP contribution >= 0.6 is 0 Å². The van der Waals surface area contributed by atoms with Gasteiger partial charge in [-0.3, -0.25) is 13.9 Å². The first-order valence-corrected chi connectivity index (χ1v) is 10.4. The average molecular weight is 449 g/mol. The van der Waals surface area contributed by atoms with Crippen LogP contribution < -0.4 is 17.0 Å². The maximum Gasteiger partial charge on any atom is 0.343 e. The summed E-state index contributed by atoms with van der Waals surface area (Å²) >= 11 is 0. The van der Waals surface area contributed by atoms with Crippen molar-refractivity contribution in [2.75, 3.05) is 5.73 Å². The standard InChI is InChI=1S/C23H23N5O5/c24-17-8-6-15(7-9-17)10-12-27-21-20(22(30)28(23(27)31)13-11-19(29)33-32)25-18(26-21)14-16-4-2-1-3-5-16/h1-9,32H,10-14,24H2,(H,25,26). The van der Waals surface area contributed by atoms with Crippen molar-refractivity contribution < 1.29 is 14.9 Å².